The summed E-state index contributed by atoms with van der Waals surface area (Å²) >= 11 is 0. The summed E-state index contributed by atoms with van der Waals surface area (Å²) in [6, 6.07) is 0. The van der Waals surface area contributed by atoms with Crippen LogP contribution in [0.1, 0.15) is 34.6 Å². The van der Waals surface area contributed by atoms with E-state index in [2.05, 4.69) is 40.7 Å². The first-order valence-corrected chi connectivity index (χ1v) is 3.75. The first-order valence-electron chi connectivity index (χ1n) is 3.75. The summed E-state index contributed by atoms with van der Waals surface area (Å²) in [7, 11) is 0. The Morgan fingerprint density at radius 3 is 1.46 bits per heavy atom. The first-order chi connectivity index (χ1) is 4.45. The molecule has 0 radical (unpaired) electrons. The summed E-state index contributed by atoms with van der Waals surface area (Å²) in [5.74, 6) is 0. The normalized spacial score (nSPS) is 18.1. The van der Waals surface area contributed by atoms with Crippen molar-refractivity contribution in [3.63, 3.8) is 0 Å². The van der Waals surface area contributed by atoms with Crippen LogP contribution in [0.15, 0.2) is 16.7 Å². The van der Waals surface area contributed by atoms with E-state index in [-0.39, 0.29) is 34.3 Å². The number of hydrogen-bond acceptors (Lipinski definition) is 0. The Labute approximate surface area is 92.0 Å². The topological polar surface area (TPSA) is 0 Å². The van der Waals surface area contributed by atoms with Crippen LogP contribution in [-0.4, -0.2) is 0 Å². The maximum atomic E-state index is 3.44. The Hall–Kier alpha value is -0.0366. The number of halogens is 2. The first kappa shape index (κ1) is 18.7. The van der Waals surface area contributed by atoms with Crippen LogP contribution in [0.3, 0.4) is 0 Å². The van der Waals surface area contributed by atoms with Crippen molar-refractivity contribution in [3.05, 3.63) is 22.8 Å². The summed E-state index contributed by atoms with van der Waals surface area (Å²) < 4.78 is 0. The van der Waals surface area contributed by atoms with Gasteiger partial charge in [-0.2, -0.15) is 11.1 Å². The molecular formula is C10H15F2Rh. The van der Waals surface area contributed by atoms with Crippen molar-refractivity contribution in [1.82, 2.24) is 0 Å². The SMILES string of the molecule is CC1=[C-]C(C)(C)C(C)=C1C.[F-].[F-].[Rh+3]. The van der Waals surface area contributed by atoms with Gasteiger partial charge in [0.1, 0.15) is 0 Å². The molecule has 13 heavy (non-hydrogen) atoms. The average molecular weight is 276 g/mol. The van der Waals surface area contributed by atoms with Crippen molar-refractivity contribution >= 4 is 0 Å². The number of rotatable bonds is 0. The molecular weight excluding hydrogens is 261 g/mol. The van der Waals surface area contributed by atoms with Gasteiger partial charge < -0.3 is 9.41 Å². The molecule has 0 aromatic heterocycles. The third-order valence-corrected chi connectivity index (χ3v) is 2.56. The molecule has 3 heteroatoms. The molecule has 0 atom stereocenters. The van der Waals surface area contributed by atoms with Gasteiger partial charge >= 0.3 is 19.5 Å². The van der Waals surface area contributed by atoms with Crippen molar-refractivity contribution in [2.75, 3.05) is 0 Å². The molecule has 0 N–H and O–H groups in total. The molecule has 0 bridgehead atoms. The van der Waals surface area contributed by atoms with Crippen LogP contribution < -0.4 is 9.41 Å². The third kappa shape index (κ3) is 3.30. The Morgan fingerprint density at radius 2 is 1.38 bits per heavy atom. The number of allylic oxidation sites excluding steroid dienone is 4. The van der Waals surface area contributed by atoms with Crippen LogP contribution in [0, 0.1) is 11.5 Å². The maximum absolute atomic E-state index is 3.44. The Bertz CT molecular complexity index is 227. The molecule has 0 saturated carbocycles. The van der Waals surface area contributed by atoms with Crippen LogP contribution in [0.4, 0.5) is 0 Å². The molecule has 1 rings (SSSR count). The molecule has 1 aliphatic rings. The van der Waals surface area contributed by atoms with Gasteiger partial charge in [0, 0.05) is 0 Å². The molecule has 0 spiro atoms. The van der Waals surface area contributed by atoms with Gasteiger partial charge in [-0.05, 0) is 0 Å². The fourth-order valence-electron chi connectivity index (χ4n) is 1.41. The Kier molecular flexibility index (Phi) is 8.11. The van der Waals surface area contributed by atoms with Crippen molar-refractivity contribution < 1.29 is 28.9 Å². The second-order valence-electron chi connectivity index (χ2n) is 3.62. The van der Waals surface area contributed by atoms with E-state index >= 15 is 0 Å². The largest absolute Gasteiger partial charge is 3.00 e. The van der Waals surface area contributed by atoms with Gasteiger partial charge in [0.15, 0.2) is 0 Å². The molecule has 0 nitrogen and oxygen atoms in total. The van der Waals surface area contributed by atoms with E-state index in [9.17, 15) is 0 Å². The van der Waals surface area contributed by atoms with E-state index in [0.29, 0.717) is 0 Å². The summed E-state index contributed by atoms with van der Waals surface area (Å²) in [5.41, 5.74) is 4.39. The van der Waals surface area contributed by atoms with Crippen LogP contribution in [0.2, 0.25) is 0 Å². The van der Waals surface area contributed by atoms with Gasteiger partial charge in [0.05, 0.1) is 0 Å². The summed E-state index contributed by atoms with van der Waals surface area (Å²) in [5, 5.41) is 0. The van der Waals surface area contributed by atoms with E-state index < -0.39 is 0 Å². The van der Waals surface area contributed by atoms with E-state index in [1.807, 2.05) is 0 Å². The van der Waals surface area contributed by atoms with Crippen LogP contribution in [0.25, 0.3) is 0 Å². The molecule has 0 aromatic carbocycles. The maximum Gasteiger partial charge on any atom is 3.00 e. The Balaban J connectivity index is -0.000000333. The molecule has 0 fully saturated rings. The Morgan fingerprint density at radius 1 is 1.00 bits per heavy atom. The van der Waals surface area contributed by atoms with Gasteiger partial charge in [0.2, 0.25) is 0 Å². The second-order valence-corrected chi connectivity index (χ2v) is 3.62. The minimum Gasteiger partial charge on any atom is -1.00 e. The second kappa shape index (κ2) is 5.64. The van der Waals surface area contributed by atoms with E-state index in [4.69, 9.17) is 0 Å². The van der Waals surface area contributed by atoms with E-state index in [1.165, 1.54) is 16.7 Å². The van der Waals surface area contributed by atoms with Gasteiger partial charge in [-0.1, -0.05) is 33.1 Å². The predicted molar refractivity (Wildman–Crippen MR) is 44.6 cm³/mol. The molecule has 0 unspecified atom stereocenters. The van der Waals surface area contributed by atoms with Crippen LogP contribution in [-0.2, 0) is 19.5 Å². The smallest absolute Gasteiger partial charge is 1.00 e. The molecule has 78 valence electrons. The minimum absolute atomic E-state index is 0. The zero-order valence-corrected chi connectivity index (χ0v) is 10.2. The molecule has 0 heterocycles. The molecule has 0 aliphatic heterocycles. The molecule has 1 aliphatic carbocycles. The fourth-order valence-corrected chi connectivity index (χ4v) is 1.41. The van der Waals surface area contributed by atoms with E-state index in [0.717, 1.165) is 0 Å². The monoisotopic (exact) mass is 276 g/mol. The third-order valence-electron chi connectivity index (χ3n) is 2.56. The quantitative estimate of drug-likeness (QED) is 0.329. The summed E-state index contributed by atoms with van der Waals surface area (Å²) in [6.07, 6.45) is 3.44. The zero-order valence-electron chi connectivity index (χ0n) is 8.59. The van der Waals surface area contributed by atoms with Crippen molar-refractivity contribution in [3.8, 4) is 0 Å². The summed E-state index contributed by atoms with van der Waals surface area (Å²) in [4.78, 5) is 0. The van der Waals surface area contributed by atoms with Crippen molar-refractivity contribution in [2.45, 2.75) is 34.6 Å². The average Bonchev–Trinajstić information content (AvgIpc) is 1.95. The minimum atomic E-state index is 0. The van der Waals surface area contributed by atoms with Gasteiger partial charge in [-0.3, -0.25) is 6.08 Å². The van der Waals surface area contributed by atoms with Crippen LogP contribution in [0.5, 0.6) is 0 Å². The standard InChI is InChI=1S/C10H15.2FH.Rh/c1-7-6-10(4,5)9(3)8(7)2;;;/h1-5H3;2*1H;/q-1;;;+3/p-2. The molecule has 0 saturated heterocycles. The van der Waals surface area contributed by atoms with Gasteiger partial charge in [-0.25, -0.2) is 5.57 Å². The molecule has 0 aromatic rings. The van der Waals surface area contributed by atoms with Gasteiger partial charge in [0.25, 0.3) is 0 Å². The predicted octanol–water partition coefficient (Wildman–Crippen LogP) is -2.88. The summed E-state index contributed by atoms with van der Waals surface area (Å²) in [6.45, 7) is 10.9. The fraction of sp³-hybridized carbons (Fsp3) is 0.600. The number of hydrogen-bond donors (Lipinski definition) is 0. The van der Waals surface area contributed by atoms with E-state index in [1.54, 1.807) is 0 Å². The van der Waals surface area contributed by atoms with Crippen molar-refractivity contribution in [2.24, 2.45) is 5.41 Å². The van der Waals surface area contributed by atoms with Gasteiger partial charge in [-0.15, -0.1) is 6.92 Å². The molecule has 0 amide bonds. The van der Waals surface area contributed by atoms with Crippen molar-refractivity contribution in [1.29, 1.82) is 0 Å². The van der Waals surface area contributed by atoms with Crippen LogP contribution >= 0.6 is 0 Å². The zero-order chi connectivity index (χ0) is 7.94.